The summed E-state index contributed by atoms with van der Waals surface area (Å²) >= 11 is 0. The Morgan fingerprint density at radius 2 is 1.47 bits per heavy atom. The number of nitrogens with zero attached hydrogens (tertiary/aromatic N) is 2. The van der Waals surface area contributed by atoms with Crippen LogP contribution in [-0.4, -0.2) is 18.0 Å². The van der Waals surface area contributed by atoms with Crippen LogP contribution in [0.3, 0.4) is 0 Å². The van der Waals surface area contributed by atoms with Gasteiger partial charge in [-0.1, -0.05) is 157 Å². The van der Waals surface area contributed by atoms with Crippen molar-refractivity contribution in [3.63, 3.8) is 0 Å². The summed E-state index contributed by atoms with van der Waals surface area (Å²) in [5.74, 6) is 2.71. The van der Waals surface area contributed by atoms with Crippen molar-refractivity contribution in [2.24, 2.45) is 5.92 Å². The summed E-state index contributed by atoms with van der Waals surface area (Å²) in [5.41, 5.74) is 13.2. The molecule has 0 saturated heterocycles. The SMILES string of the molecule is CC(C)c1cc(-c2[c-]ccc(C3CCCC3)c2)ncc1[Si](C)(C)C.Cc1c[c-]c(-c2cc(CC3CCCCC3)ccn2)c2oc3c(C4CCCCC4)cccc3c12.[Ir]. The number of aromatic nitrogens is 2. The van der Waals surface area contributed by atoms with Crippen LogP contribution < -0.4 is 5.19 Å². The van der Waals surface area contributed by atoms with E-state index in [-0.39, 0.29) is 20.1 Å². The fourth-order valence-electron chi connectivity index (χ4n) is 10.3. The molecule has 0 atom stereocenters. The average molecular weight is 965 g/mol. The van der Waals surface area contributed by atoms with Gasteiger partial charge in [0.15, 0.2) is 0 Å². The molecular weight excluding hydrogens is 901 g/mol. The van der Waals surface area contributed by atoms with E-state index in [1.54, 1.807) is 0 Å². The predicted molar refractivity (Wildman–Crippen MR) is 243 cm³/mol. The number of para-hydroxylation sites is 1. The fourth-order valence-corrected chi connectivity index (χ4v) is 12.0. The number of fused-ring (bicyclic) bond motifs is 3. The van der Waals surface area contributed by atoms with Gasteiger partial charge >= 0.3 is 0 Å². The topological polar surface area (TPSA) is 38.9 Å². The first-order chi connectivity index (χ1) is 27.6. The number of pyridine rings is 2. The van der Waals surface area contributed by atoms with E-state index in [1.807, 2.05) is 6.20 Å². The van der Waals surface area contributed by atoms with E-state index in [2.05, 4.69) is 119 Å². The van der Waals surface area contributed by atoms with Gasteiger partial charge in [0.25, 0.3) is 0 Å². The molecule has 5 heteroatoms. The smallest absolute Gasteiger partial charge is 0.124 e. The van der Waals surface area contributed by atoms with Gasteiger partial charge in [0.1, 0.15) is 5.58 Å². The van der Waals surface area contributed by atoms with Crippen molar-refractivity contribution in [1.82, 2.24) is 9.97 Å². The molecule has 9 rings (SSSR count). The third-order valence-corrected chi connectivity index (χ3v) is 15.5. The minimum Gasteiger partial charge on any atom is -0.500 e. The largest absolute Gasteiger partial charge is 0.500 e. The van der Waals surface area contributed by atoms with Crippen LogP contribution in [0, 0.1) is 25.0 Å². The summed E-state index contributed by atoms with van der Waals surface area (Å²) in [6.45, 7) is 14.0. The molecule has 58 heavy (non-hydrogen) atoms. The predicted octanol–water partition coefficient (Wildman–Crippen LogP) is 14.8. The van der Waals surface area contributed by atoms with Gasteiger partial charge in [-0.25, -0.2) is 0 Å². The Morgan fingerprint density at radius 3 is 2.19 bits per heavy atom. The van der Waals surface area contributed by atoms with Crippen LogP contribution >= 0.6 is 0 Å². The summed E-state index contributed by atoms with van der Waals surface area (Å²) < 4.78 is 6.72. The van der Waals surface area contributed by atoms with E-state index < -0.39 is 8.07 Å². The van der Waals surface area contributed by atoms with Crippen molar-refractivity contribution in [3.05, 3.63) is 113 Å². The molecule has 0 spiro atoms. The van der Waals surface area contributed by atoms with Gasteiger partial charge in [-0.05, 0) is 84.0 Å². The van der Waals surface area contributed by atoms with Gasteiger partial charge in [-0.2, -0.15) is 0 Å². The molecule has 3 heterocycles. The van der Waals surface area contributed by atoms with Crippen LogP contribution in [0.15, 0.2) is 77.5 Å². The Labute approximate surface area is 363 Å². The van der Waals surface area contributed by atoms with Gasteiger partial charge in [-0.3, -0.25) is 0 Å². The standard InChI is InChI=1S/C31H34NO.C22H30NSi.Ir/c1-21-15-16-26(28-20-23(17-18-32-28)19-22-9-4-2-5-10-22)31-29(21)27-14-8-13-25(30(27)33-31)24-11-6-3-7-12-24;1-16(2)20-14-21(23-15-22(20)24(3,4)5)19-12-8-11-18(13-19)17-9-6-7-10-17;/h8,13-15,17-18,20,22,24H,2-7,9-12,19H2,1H3;8,11,13-17H,6-7,9-10H2,1-5H3;/q2*-1;. The maximum Gasteiger partial charge on any atom is 0.124 e. The maximum atomic E-state index is 6.72. The molecule has 0 aliphatic heterocycles. The Balaban J connectivity index is 0.000000183. The van der Waals surface area contributed by atoms with Gasteiger partial charge in [-0.15, -0.1) is 53.1 Å². The second-order valence-electron chi connectivity index (χ2n) is 19.0. The molecule has 3 aliphatic rings. The third-order valence-electron chi connectivity index (χ3n) is 13.5. The van der Waals surface area contributed by atoms with E-state index in [9.17, 15) is 0 Å². The molecule has 0 bridgehead atoms. The summed E-state index contributed by atoms with van der Waals surface area (Å²) in [5, 5.41) is 3.98. The second kappa shape index (κ2) is 18.9. The summed E-state index contributed by atoms with van der Waals surface area (Å²) in [7, 11) is -1.37. The first-order valence-corrected chi connectivity index (χ1v) is 26.0. The van der Waals surface area contributed by atoms with E-state index in [1.165, 1.54) is 134 Å². The summed E-state index contributed by atoms with van der Waals surface area (Å²) in [6, 6.07) is 29.3. The Kier molecular flexibility index (Phi) is 13.9. The van der Waals surface area contributed by atoms with Gasteiger partial charge in [0.2, 0.25) is 0 Å². The van der Waals surface area contributed by atoms with Gasteiger partial charge in [0.05, 0.1) is 13.7 Å². The van der Waals surface area contributed by atoms with Gasteiger partial charge < -0.3 is 14.4 Å². The molecule has 0 amide bonds. The van der Waals surface area contributed by atoms with Crippen molar-refractivity contribution in [1.29, 1.82) is 0 Å². The number of benzene rings is 3. The Bertz CT molecular complexity index is 2300. The quantitative estimate of drug-likeness (QED) is 0.113. The molecule has 0 unspecified atom stereocenters. The number of aryl methyl sites for hydroxylation is 1. The summed E-state index contributed by atoms with van der Waals surface area (Å²) in [6.07, 6.45) is 24.2. The molecular formula is C53H64IrN2OSi-2. The maximum absolute atomic E-state index is 6.72. The average Bonchev–Trinajstić information content (AvgIpc) is 3.92. The van der Waals surface area contributed by atoms with E-state index in [0.717, 1.165) is 51.9 Å². The van der Waals surface area contributed by atoms with Gasteiger partial charge in [0, 0.05) is 37.9 Å². The molecule has 3 aromatic heterocycles. The number of rotatable bonds is 8. The van der Waals surface area contributed by atoms with E-state index in [4.69, 9.17) is 14.4 Å². The minimum atomic E-state index is -1.37. The normalized spacial score (nSPS) is 17.1. The van der Waals surface area contributed by atoms with Crippen LogP contribution in [0.25, 0.3) is 44.5 Å². The first kappa shape index (κ1) is 42.7. The van der Waals surface area contributed by atoms with Crippen molar-refractivity contribution in [2.45, 2.75) is 154 Å². The fraction of sp³-hybridized carbons (Fsp3) is 0.472. The monoisotopic (exact) mass is 965 g/mol. The van der Waals surface area contributed by atoms with Crippen molar-refractivity contribution >= 4 is 35.2 Å². The van der Waals surface area contributed by atoms with Crippen LogP contribution in [0.4, 0.5) is 0 Å². The molecule has 1 radical (unpaired) electrons. The van der Waals surface area contributed by atoms with E-state index >= 15 is 0 Å². The zero-order chi connectivity index (χ0) is 39.5. The van der Waals surface area contributed by atoms with E-state index in [0.29, 0.717) is 11.8 Å². The molecule has 3 saturated carbocycles. The Morgan fingerprint density at radius 1 is 0.759 bits per heavy atom. The summed E-state index contributed by atoms with van der Waals surface area (Å²) in [4.78, 5) is 9.60. The van der Waals surface area contributed by atoms with Crippen LogP contribution in [-0.2, 0) is 26.5 Å². The van der Waals surface area contributed by atoms with Crippen molar-refractivity contribution < 1.29 is 24.5 Å². The molecule has 3 nitrogen and oxygen atoms in total. The number of hydrogen-bond donors (Lipinski definition) is 0. The second-order valence-corrected chi connectivity index (χ2v) is 24.1. The minimum absolute atomic E-state index is 0. The zero-order valence-electron chi connectivity index (χ0n) is 36.0. The molecule has 3 fully saturated rings. The number of hydrogen-bond acceptors (Lipinski definition) is 3. The van der Waals surface area contributed by atoms with Crippen LogP contribution in [0.1, 0.15) is 149 Å². The Hall–Kier alpha value is -3.37. The van der Waals surface area contributed by atoms with Crippen molar-refractivity contribution in [3.8, 4) is 22.5 Å². The first-order valence-electron chi connectivity index (χ1n) is 22.5. The zero-order valence-corrected chi connectivity index (χ0v) is 39.4. The molecule has 6 aromatic rings. The van der Waals surface area contributed by atoms with Crippen LogP contribution in [0.2, 0.25) is 19.6 Å². The van der Waals surface area contributed by atoms with Crippen LogP contribution in [0.5, 0.6) is 0 Å². The molecule has 0 N–H and O–H groups in total. The molecule has 3 aromatic carbocycles. The third kappa shape index (κ3) is 9.48. The molecule has 307 valence electrons. The number of furan rings is 1. The van der Waals surface area contributed by atoms with Crippen molar-refractivity contribution in [2.75, 3.05) is 0 Å². The molecule has 3 aliphatic carbocycles.